The number of hydrogen-bond donors (Lipinski definition) is 0. The molecule has 224 valence electrons. The number of rotatable bonds is 4. The third-order valence-corrected chi connectivity index (χ3v) is 8.66. The van der Waals surface area contributed by atoms with Gasteiger partial charge in [-0.1, -0.05) is 106 Å². The van der Waals surface area contributed by atoms with E-state index in [1.165, 1.54) is 0 Å². The molecule has 0 amide bonds. The van der Waals surface area contributed by atoms with Crippen LogP contribution in [0.4, 0.5) is 4.39 Å². The standard InChI is InChI=1S/C42H34FN2O/c1-26-14-20-33-34-21-19-32(24-44)39(41(34)46-40(33)38(26)37-23-36(43)35(25-45(37)5)42(2,3)4)29-17-15-28(16-18-29)31-13-9-12-30(22-31)27-10-7-6-8-11-27/h6-23,25H,1-5H3/q+1/i23D,25D. The van der Waals surface area contributed by atoms with Crippen LogP contribution < -0.4 is 4.57 Å². The van der Waals surface area contributed by atoms with Crippen molar-refractivity contribution >= 4 is 21.9 Å². The van der Waals surface area contributed by atoms with Crippen LogP contribution in [0, 0.1) is 24.1 Å². The number of nitrogens with zero attached hydrogens (tertiary/aromatic N) is 2. The van der Waals surface area contributed by atoms with Crippen LogP contribution in [-0.2, 0) is 12.5 Å². The highest BCUT2D eigenvalue weighted by Crippen LogP contribution is 2.42. The summed E-state index contributed by atoms with van der Waals surface area (Å²) >= 11 is 0. The lowest BCUT2D eigenvalue weighted by Gasteiger charge is -2.18. The highest BCUT2D eigenvalue weighted by molar-refractivity contribution is 6.14. The Balaban J connectivity index is 1.41. The van der Waals surface area contributed by atoms with Crippen LogP contribution in [-0.4, -0.2) is 0 Å². The van der Waals surface area contributed by atoms with Gasteiger partial charge in [0.05, 0.1) is 24.1 Å². The summed E-state index contributed by atoms with van der Waals surface area (Å²) in [5.41, 5.74) is 8.59. The van der Waals surface area contributed by atoms with Gasteiger partial charge < -0.3 is 4.42 Å². The van der Waals surface area contributed by atoms with Crippen molar-refractivity contribution in [3.8, 4) is 50.7 Å². The van der Waals surface area contributed by atoms with Crippen LogP contribution in [0.5, 0.6) is 0 Å². The summed E-state index contributed by atoms with van der Waals surface area (Å²) < 4.78 is 41.9. The van der Waals surface area contributed by atoms with Crippen LogP contribution >= 0.6 is 0 Å². The molecule has 0 saturated carbocycles. The third kappa shape index (κ3) is 4.95. The molecule has 2 heterocycles. The smallest absolute Gasteiger partial charge is 0.219 e. The zero-order chi connectivity index (χ0) is 33.9. The second-order valence-electron chi connectivity index (χ2n) is 12.8. The first-order valence-electron chi connectivity index (χ1n) is 16.3. The molecule has 7 aromatic rings. The molecule has 0 spiro atoms. The van der Waals surface area contributed by atoms with Gasteiger partial charge in [0.2, 0.25) is 5.69 Å². The molecule has 7 rings (SSSR count). The number of benzene rings is 5. The first kappa shape index (κ1) is 26.8. The van der Waals surface area contributed by atoms with Crippen LogP contribution in [0.2, 0.25) is 0 Å². The summed E-state index contributed by atoms with van der Waals surface area (Å²) in [4.78, 5) is 0. The average molecular weight is 604 g/mol. The molecular formula is C42H34FN2O+. The van der Waals surface area contributed by atoms with Crippen molar-refractivity contribution in [2.45, 2.75) is 33.1 Å². The number of nitriles is 1. The van der Waals surface area contributed by atoms with Crippen molar-refractivity contribution in [1.29, 1.82) is 5.26 Å². The van der Waals surface area contributed by atoms with E-state index < -0.39 is 11.2 Å². The van der Waals surface area contributed by atoms with E-state index in [2.05, 4.69) is 54.6 Å². The van der Waals surface area contributed by atoms with E-state index in [1.54, 1.807) is 17.7 Å². The molecule has 4 heteroatoms. The fourth-order valence-corrected chi connectivity index (χ4v) is 6.26. The molecule has 0 aliphatic carbocycles. The predicted octanol–water partition coefficient (Wildman–Crippen LogP) is 10.7. The average Bonchev–Trinajstić information content (AvgIpc) is 3.46. The normalized spacial score (nSPS) is 12.3. The summed E-state index contributed by atoms with van der Waals surface area (Å²) in [5, 5.41) is 11.8. The van der Waals surface area contributed by atoms with Crippen LogP contribution in [0.1, 0.15) is 40.2 Å². The fraction of sp³-hybridized carbons (Fsp3) is 0.143. The number of hydrogen-bond acceptors (Lipinski definition) is 2. The largest absolute Gasteiger partial charge is 0.454 e. The number of fused-ring (bicyclic) bond motifs is 3. The van der Waals surface area contributed by atoms with Gasteiger partial charge in [-0.3, -0.25) is 0 Å². The Kier molecular flexibility index (Phi) is 6.49. The second-order valence-corrected chi connectivity index (χ2v) is 12.8. The van der Waals surface area contributed by atoms with Gasteiger partial charge in [-0.05, 0) is 63.9 Å². The van der Waals surface area contributed by atoms with Gasteiger partial charge in [0.1, 0.15) is 25.4 Å². The molecule has 3 nitrogen and oxygen atoms in total. The fourth-order valence-electron chi connectivity index (χ4n) is 6.26. The first-order valence-corrected chi connectivity index (χ1v) is 15.3. The lowest BCUT2D eigenvalue weighted by molar-refractivity contribution is -0.661. The van der Waals surface area contributed by atoms with Crippen LogP contribution in [0.25, 0.3) is 66.6 Å². The highest BCUT2D eigenvalue weighted by atomic mass is 19.1. The molecule has 0 unspecified atom stereocenters. The van der Waals surface area contributed by atoms with Gasteiger partial charge in [0.15, 0.2) is 6.17 Å². The third-order valence-electron chi connectivity index (χ3n) is 8.66. The van der Waals surface area contributed by atoms with Gasteiger partial charge >= 0.3 is 0 Å². The molecule has 0 aliphatic heterocycles. The summed E-state index contributed by atoms with van der Waals surface area (Å²) in [6.07, 6.45) is 0.0142. The maximum atomic E-state index is 15.9. The Bertz CT molecular complexity index is 2400. The SMILES string of the molecule is [2H]c1c(F)c(C(C)(C)C)c([2H])[n+](C)c1-c1c(C)ccc2c1oc1c(-c3ccc(-c4cccc(-c5ccccc5)c4)cc3)c(C#N)ccc12. The molecule has 46 heavy (non-hydrogen) atoms. The Labute approximate surface area is 271 Å². The van der Waals surface area contributed by atoms with E-state index in [9.17, 15) is 5.26 Å². The maximum absolute atomic E-state index is 15.9. The molecule has 0 radical (unpaired) electrons. The monoisotopic (exact) mass is 603 g/mol. The Morgan fingerprint density at radius 3 is 1.98 bits per heavy atom. The Morgan fingerprint density at radius 1 is 0.739 bits per heavy atom. The minimum absolute atomic E-state index is 0.0142. The van der Waals surface area contributed by atoms with Gasteiger partial charge in [-0.25, -0.2) is 8.96 Å². The summed E-state index contributed by atoms with van der Waals surface area (Å²) in [5.74, 6) is -0.699. The number of pyridine rings is 1. The van der Waals surface area contributed by atoms with Gasteiger partial charge in [-0.15, -0.1) is 0 Å². The lowest BCUT2D eigenvalue weighted by Crippen LogP contribution is -2.34. The molecule has 0 saturated heterocycles. The van der Waals surface area contributed by atoms with Crippen LogP contribution in [0.3, 0.4) is 0 Å². The van der Waals surface area contributed by atoms with Crippen molar-refractivity contribution in [2.24, 2.45) is 7.05 Å². The minimum Gasteiger partial charge on any atom is -0.454 e. The minimum atomic E-state index is -0.699. The van der Waals surface area contributed by atoms with Crippen molar-refractivity contribution < 1.29 is 16.1 Å². The van der Waals surface area contributed by atoms with Crippen LogP contribution in [0.15, 0.2) is 120 Å². The molecule has 5 aromatic carbocycles. The van der Waals surface area contributed by atoms with E-state index in [-0.39, 0.29) is 23.5 Å². The summed E-state index contributed by atoms with van der Waals surface area (Å²) in [6.45, 7) is 7.43. The molecule has 0 bridgehead atoms. The molecule has 2 aromatic heterocycles. The molecule has 0 aliphatic rings. The zero-order valence-electron chi connectivity index (χ0n) is 28.5. The number of aromatic nitrogens is 1. The first-order chi connectivity index (χ1) is 23.0. The molecular weight excluding hydrogens is 567 g/mol. The summed E-state index contributed by atoms with van der Waals surface area (Å²) in [7, 11) is 1.70. The molecule has 0 atom stereocenters. The van der Waals surface area contributed by atoms with Crippen molar-refractivity contribution in [3.63, 3.8) is 0 Å². The van der Waals surface area contributed by atoms with Crippen molar-refractivity contribution in [2.75, 3.05) is 0 Å². The van der Waals surface area contributed by atoms with Crippen molar-refractivity contribution in [3.05, 3.63) is 138 Å². The van der Waals surface area contributed by atoms with E-state index in [1.807, 2.05) is 76.2 Å². The van der Waals surface area contributed by atoms with E-state index in [0.717, 1.165) is 44.2 Å². The van der Waals surface area contributed by atoms with E-state index in [0.29, 0.717) is 27.9 Å². The molecule has 0 fully saturated rings. The summed E-state index contributed by atoms with van der Waals surface area (Å²) in [6, 6.07) is 36.5. The van der Waals surface area contributed by atoms with Gasteiger partial charge in [0, 0.05) is 22.4 Å². The lowest BCUT2D eigenvalue weighted by atomic mass is 9.87. The van der Waals surface area contributed by atoms with Crippen molar-refractivity contribution in [1.82, 2.24) is 0 Å². The predicted molar refractivity (Wildman–Crippen MR) is 185 cm³/mol. The Hall–Kier alpha value is -5.53. The quantitative estimate of drug-likeness (QED) is 0.188. The second kappa shape index (κ2) is 11.1. The highest BCUT2D eigenvalue weighted by Gasteiger charge is 2.28. The number of furan rings is 1. The van der Waals surface area contributed by atoms with Gasteiger partial charge in [0.25, 0.3) is 0 Å². The topological polar surface area (TPSA) is 40.8 Å². The maximum Gasteiger partial charge on any atom is 0.219 e. The molecule has 0 N–H and O–H groups in total. The Morgan fingerprint density at radius 2 is 1.33 bits per heavy atom. The number of aryl methyl sites for hydroxylation is 1. The zero-order valence-corrected chi connectivity index (χ0v) is 26.5. The number of halogens is 1. The van der Waals surface area contributed by atoms with Gasteiger partial charge in [-0.2, -0.15) is 5.26 Å². The van der Waals surface area contributed by atoms with E-state index >= 15 is 4.39 Å². The van der Waals surface area contributed by atoms with E-state index in [4.69, 9.17) is 7.16 Å².